The number of aliphatic hydroxyl groups is 1. The highest BCUT2D eigenvalue weighted by Gasteiger charge is 2.41. The van der Waals surface area contributed by atoms with E-state index >= 15 is 0 Å². The number of nitrogens with one attached hydrogen (secondary N) is 1. The minimum absolute atomic E-state index is 0.0730. The summed E-state index contributed by atoms with van der Waals surface area (Å²) in [5.74, 6) is -2.36. The molecule has 0 unspecified atom stereocenters. The lowest BCUT2D eigenvalue weighted by atomic mass is 10.0. The zero-order valence-electron chi connectivity index (χ0n) is 20.3. The van der Waals surface area contributed by atoms with Crippen molar-refractivity contribution in [2.24, 2.45) is 0 Å². The second-order valence-corrected chi connectivity index (χ2v) is 8.87. The average Bonchev–Trinajstić information content (AvgIpc) is 3.57. The molecule has 2 atom stereocenters. The van der Waals surface area contributed by atoms with Crippen molar-refractivity contribution in [2.75, 3.05) is 13.7 Å². The van der Waals surface area contributed by atoms with Crippen LogP contribution in [0.3, 0.4) is 0 Å². The lowest BCUT2D eigenvalue weighted by Gasteiger charge is -2.25. The molecule has 0 aliphatic carbocycles. The number of halogens is 2. The number of nitrogens with zero attached hydrogens (tertiary/aromatic N) is 1. The second kappa shape index (κ2) is 10.6. The van der Waals surface area contributed by atoms with Crippen molar-refractivity contribution in [2.45, 2.75) is 25.2 Å². The quantitative estimate of drug-likeness (QED) is 0.353. The van der Waals surface area contributed by atoms with Gasteiger partial charge in [0.1, 0.15) is 24.0 Å². The molecule has 0 saturated carbocycles. The molecular weight excluding hydrogens is 498 g/mol. The van der Waals surface area contributed by atoms with Gasteiger partial charge in [-0.15, -0.1) is 0 Å². The van der Waals surface area contributed by atoms with E-state index in [0.717, 1.165) is 11.6 Å². The first kappa shape index (κ1) is 25.4. The number of fused-ring (bicyclic) bond motifs is 1. The number of furan rings is 1. The Morgan fingerprint density at radius 2 is 1.92 bits per heavy atom. The molecule has 5 rings (SSSR count). The van der Waals surface area contributed by atoms with Gasteiger partial charge in [-0.2, -0.15) is 0 Å². The first-order chi connectivity index (χ1) is 18.4. The Morgan fingerprint density at radius 1 is 1.13 bits per heavy atom. The Bertz CT molecular complexity index is 1490. The lowest BCUT2D eigenvalue weighted by Crippen LogP contribution is -2.49. The summed E-state index contributed by atoms with van der Waals surface area (Å²) in [4.78, 5) is 31.4. The van der Waals surface area contributed by atoms with Crippen molar-refractivity contribution in [3.05, 3.63) is 89.7 Å². The Hall–Kier alpha value is -4.28. The van der Waals surface area contributed by atoms with Crippen LogP contribution < -0.4 is 10.2 Å². The summed E-state index contributed by atoms with van der Waals surface area (Å²) in [5.41, 5.74) is 4.56. The molecule has 2 amide bonds. The number of benzene rings is 3. The van der Waals surface area contributed by atoms with Crippen LogP contribution in [0.4, 0.5) is 8.78 Å². The first-order valence-electron chi connectivity index (χ1n) is 11.9. The van der Waals surface area contributed by atoms with E-state index in [9.17, 15) is 23.5 Å². The number of hydrogen-bond donors (Lipinski definition) is 2. The van der Waals surface area contributed by atoms with Crippen LogP contribution in [0, 0.1) is 11.6 Å². The summed E-state index contributed by atoms with van der Waals surface area (Å²) in [6.07, 6.45) is 0.606. The largest absolute Gasteiger partial charge is 0.489 e. The highest BCUT2D eigenvalue weighted by molar-refractivity contribution is 5.98. The van der Waals surface area contributed by atoms with Crippen LogP contribution in [-0.2, 0) is 16.2 Å². The third-order valence-corrected chi connectivity index (χ3v) is 6.47. The van der Waals surface area contributed by atoms with Crippen LogP contribution >= 0.6 is 0 Å². The molecular formula is C28H24F2N2O6. The van der Waals surface area contributed by atoms with Crippen molar-refractivity contribution >= 4 is 22.8 Å². The Kier molecular flexibility index (Phi) is 7.08. The Labute approximate surface area is 216 Å². The molecule has 3 aromatic carbocycles. The standard InChI is InChI=1S/C28H24F2N2O6/c1-36-31-27(34)25-23(33)9-11-32(25)28(35)18-4-2-3-16(13-18)15-38-19-7-5-17(6-8-19)21-14-22(29)24(30)20-10-12-37-26(20)21/h2-8,10,12-14,23,25,33H,9,11,15H2,1H3,(H,31,34)/t23-,25-/m0/s1. The molecule has 2 heterocycles. The van der Waals surface area contributed by atoms with Gasteiger partial charge in [-0.25, -0.2) is 14.3 Å². The van der Waals surface area contributed by atoms with Gasteiger partial charge in [-0.3, -0.25) is 14.4 Å². The Morgan fingerprint density at radius 3 is 2.68 bits per heavy atom. The zero-order chi connectivity index (χ0) is 26.8. The second-order valence-electron chi connectivity index (χ2n) is 8.87. The third kappa shape index (κ3) is 4.83. The van der Waals surface area contributed by atoms with Crippen molar-refractivity contribution < 1.29 is 37.5 Å². The molecule has 10 heteroatoms. The molecule has 0 spiro atoms. The highest BCUT2D eigenvalue weighted by Crippen LogP contribution is 2.33. The van der Waals surface area contributed by atoms with E-state index in [1.54, 1.807) is 48.5 Å². The van der Waals surface area contributed by atoms with Crippen LogP contribution in [0.5, 0.6) is 5.75 Å². The molecule has 1 saturated heterocycles. The minimum Gasteiger partial charge on any atom is -0.489 e. The molecule has 0 bridgehead atoms. The van der Waals surface area contributed by atoms with Crippen molar-refractivity contribution in [1.29, 1.82) is 0 Å². The summed E-state index contributed by atoms with van der Waals surface area (Å²) in [5, 5.41) is 10.3. The number of rotatable bonds is 7. The fourth-order valence-corrected chi connectivity index (χ4v) is 4.63. The van der Waals surface area contributed by atoms with Crippen LogP contribution in [0.15, 0.2) is 71.3 Å². The van der Waals surface area contributed by atoms with Crippen molar-refractivity contribution in [1.82, 2.24) is 10.4 Å². The smallest absolute Gasteiger partial charge is 0.268 e. The van der Waals surface area contributed by atoms with Gasteiger partial charge >= 0.3 is 0 Å². The number of ether oxygens (including phenoxy) is 1. The highest BCUT2D eigenvalue weighted by atomic mass is 19.2. The number of aliphatic hydroxyl groups excluding tert-OH is 1. The number of hydrogen-bond acceptors (Lipinski definition) is 6. The normalized spacial score (nSPS) is 17.1. The molecule has 2 N–H and O–H groups in total. The molecule has 1 aliphatic heterocycles. The molecule has 196 valence electrons. The van der Waals surface area contributed by atoms with Gasteiger partial charge in [-0.05, 0) is 53.9 Å². The summed E-state index contributed by atoms with van der Waals surface area (Å²) >= 11 is 0. The molecule has 38 heavy (non-hydrogen) atoms. The van der Waals surface area contributed by atoms with Crippen LogP contribution in [-0.4, -0.2) is 47.6 Å². The van der Waals surface area contributed by atoms with E-state index in [2.05, 4.69) is 10.3 Å². The van der Waals surface area contributed by atoms with E-state index in [1.807, 2.05) is 0 Å². The van der Waals surface area contributed by atoms with Gasteiger partial charge in [0, 0.05) is 17.7 Å². The maximum Gasteiger partial charge on any atom is 0.268 e. The van der Waals surface area contributed by atoms with Crippen LogP contribution in [0.2, 0.25) is 0 Å². The fraction of sp³-hybridized carbons (Fsp3) is 0.214. The monoisotopic (exact) mass is 522 g/mol. The maximum atomic E-state index is 14.1. The summed E-state index contributed by atoms with van der Waals surface area (Å²) in [7, 11) is 1.28. The van der Waals surface area contributed by atoms with E-state index in [1.165, 1.54) is 24.3 Å². The van der Waals surface area contributed by atoms with Gasteiger partial charge in [0.25, 0.3) is 11.8 Å². The number of carbonyl (C=O) groups excluding carboxylic acids is 2. The van der Waals surface area contributed by atoms with Gasteiger partial charge < -0.3 is 19.2 Å². The number of amides is 2. The lowest BCUT2D eigenvalue weighted by molar-refractivity contribution is -0.137. The van der Waals surface area contributed by atoms with E-state index in [-0.39, 0.29) is 36.4 Å². The number of hydroxylamine groups is 1. The molecule has 4 aromatic rings. The van der Waals surface area contributed by atoms with Crippen molar-refractivity contribution in [3.8, 4) is 16.9 Å². The fourth-order valence-electron chi connectivity index (χ4n) is 4.63. The average molecular weight is 523 g/mol. The molecule has 1 aliphatic rings. The van der Waals surface area contributed by atoms with E-state index in [0.29, 0.717) is 22.4 Å². The predicted molar refractivity (Wildman–Crippen MR) is 133 cm³/mol. The van der Waals surface area contributed by atoms with Crippen LogP contribution in [0.1, 0.15) is 22.3 Å². The van der Waals surface area contributed by atoms with Crippen LogP contribution in [0.25, 0.3) is 22.1 Å². The summed E-state index contributed by atoms with van der Waals surface area (Å²) < 4.78 is 39.3. The zero-order valence-corrected chi connectivity index (χ0v) is 20.3. The van der Waals surface area contributed by atoms with Gasteiger partial charge in [0.2, 0.25) is 0 Å². The summed E-state index contributed by atoms with van der Waals surface area (Å²) in [6, 6.07) is 15.1. The minimum atomic E-state index is -1.04. The van der Waals surface area contributed by atoms with Crippen molar-refractivity contribution in [3.63, 3.8) is 0 Å². The third-order valence-electron chi connectivity index (χ3n) is 6.47. The molecule has 1 aromatic heterocycles. The topological polar surface area (TPSA) is 101 Å². The predicted octanol–water partition coefficient (Wildman–Crippen LogP) is 4.21. The van der Waals surface area contributed by atoms with Gasteiger partial charge in [-0.1, -0.05) is 24.3 Å². The van der Waals surface area contributed by atoms with E-state index < -0.39 is 29.7 Å². The van der Waals surface area contributed by atoms with Gasteiger partial charge in [0.05, 0.1) is 24.9 Å². The Balaban J connectivity index is 1.28. The molecule has 1 fully saturated rings. The number of likely N-dealkylation sites (tertiary alicyclic amines) is 1. The first-order valence-corrected chi connectivity index (χ1v) is 11.9. The SMILES string of the molecule is CONC(=O)[C@@H]1[C@@H](O)CCN1C(=O)c1cccc(COc2ccc(-c3cc(F)c(F)c4ccoc34)cc2)c1. The molecule has 8 nitrogen and oxygen atoms in total. The molecule has 0 radical (unpaired) electrons. The van der Waals surface area contributed by atoms with Gasteiger partial charge in [0.15, 0.2) is 11.6 Å². The number of carbonyl (C=O) groups is 2. The van der Waals surface area contributed by atoms with E-state index in [4.69, 9.17) is 9.15 Å². The summed E-state index contributed by atoms with van der Waals surface area (Å²) in [6.45, 7) is 0.390. The maximum absolute atomic E-state index is 14.1.